The van der Waals surface area contributed by atoms with Crippen molar-refractivity contribution < 1.29 is 9.05 Å². The maximum Gasteiger partial charge on any atom is 0.271 e. The van der Waals surface area contributed by atoms with Crippen molar-refractivity contribution in [1.29, 1.82) is 0 Å². The van der Waals surface area contributed by atoms with Crippen LogP contribution in [0.1, 0.15) is 0 Å². The average Bonchev–Trinajstić information content (AvgIpc) is 2.59. The van der Waals surface area contributed by atoms with Crippen LogP contribution in [0.3, 0.4) is 0 Å². The molecule has 0 aliphatic carbocycles. The summed E-state index contributed by atoms with van der Waals surface area (Å²) in [5.41, 5.74) is 0.442. The van der Waals surface area contributed by atoms with Crippen LogP contribution >= 0.6 is 0 Å². The van der Waals surface area contributed by atoms with Gasteiger partial charge in [-0.2, -0.15) is 0 Å². The van der Waals surface area contributed by atoms with E-state index in [0.29, 0.717) is 11.6 Å². The minimum absolute atomic E-state index is 0.307. The molecule has 2 rings (SSSR count). The average molecular weight is 138 g/mol. The van der Waals surface area contributed by atoms with E-state index in [0.717, 1.165) is 0 Å². The molecule has 0 bridgehead atoms. The van der Waals surface area contributed by atoms with Gasteiger partial charge in [0.05, 0.1) is 0 Å². The fourth-order valence-corrected chi connectivity index (χ4v) is 0.544. The Labute approximate surface area is 54.8 Å². The molecule has 0 atom stereocenters. The van der Waals surface area contributed by atoms with Gasteiger partial charge in [0.15, 0.2) is 5.69 Å². The highest BCUT2D eigenvalue weighted by Crippen LogP contribution is 2.09. The number of hydrogen-bond acceptors (Lipinski definition) is 6. The molecule has 0 unspecified atom stereocenters. The molecule has 0 saturated carbocycles. The summed E-state index contributed by atoms with van der Waals surface area (Å²) in [6.45, 7) is 0. The van der Waals surface area contributed by atoms with Crippen molar-refractivity contribution in [3.63, 3.8) is 0 Å². The second-order valence-electron chi connectivity index (χ2n) is 1.54. The van der Waals surface area contributed by atoms with E-state index in [4.69, 9.17) is 4.42 Å². The highest BCUT2D eigenvalue weighted by Gasteiger charge is 2.05. The summed E-state index contributed by atoms with van der Waals surface area (Å²) in [6.07, 6.45) is 2.61. The van der Waals surface area contributed by atoms with Gasteiger partial charge in [-0.25, -0.2) is 4.63 Å². The highest BCUT2D eigenvalue weighted by molar-refractivity contribution is 5.41. The Morgan fingerprint density at radius 3 is 3.00 bits per heavy atom. The first-order valence-electron chi connectivity index (χ1n) is 2.51. The van der Waals surface area contributed by atoms with E-state index in [2.05, 4.69) is 25.1 Å². The molecule has 0 radical (unpaired) electrons. The Bertz CT molecular complexity index is 255. The Kier molecular flexibility index (Phi) is 0.970. The minimum atomic E-state index is 0.307. The minimum Gasteiger partial charge on any atom is -0.422 e. The Hall–Kier alpha value is -1.72. The maximum atomic E-state index is 4.79. The molecule has 0 fully saturated rings. The second kappa shape index (κ2) is 1.90. The molecule has 6 nitrogen and oxygen atoms in total. The van der Waals surface area contributed by atoms with Gasteiger partial charge >= 0.3 is 0 Å². The smallest absolute Gasteiger partial charge is 0.271 e. The van der Waals surface area contributed by atoms with Crippen LogP contribution in [0.4, 0.5) is 0 Å². The fourth-order valence-electron chi connectivity index (χ4n) is 0.544. The van der Waals surface area contributed by atoms with Crippen molar-refractivity contribution in [2.45, 2.75) is 0 Å². The molecule has 0 aromatic carbocycles. The molecule has 10 heavy (non-hydrogen) atoms. The van der Waals surface area contributed by atoms with Crippen LogP contribution in [0.5, 0.6) is 0 Å². The zero-order valence-electron chi connectivity index (χ0n) is 4.76. The largest absolute Gasteiger partial charge is 0.422 e. The van der Waals surface area contributed by atoms with E-state index in [1.165, 1.54) is 12.6 Å². The standard InChI is InChI=1S/C4H2N4O2/c1-3(8-10-6-1)4-7-5-2-9-4/h1-2H. The molecule has 2 heterocycles. The summed E-state index contributed by atoms with van der Waals surface area (Å²) in [5.74, 6) is 0.307. The Morgan fingerprint density at radius 2 is 2.40 bits per heavy atom. The predicted octanol–water partition coefficient (Wildman–Crippen LogP) is 0.120. The SMILES string of the molecule is c1nnc(-c2cnon2)o1. The van der Waals surface area contributed by atoms with Gasteiger partial charge in [-0.3, -0.25) is 0 Å². The van der Waals surface area contributed by atoms with E-state index in [1.54, 1.807) is 0 Å². The number of nitrogens with zero attached hydrogens (tertiary/aromatic N) is 4. The van der Waals surface area contributed by atoms with Crippen LogP contribution < -0.4 is 0 Å². The summed E-state index contributed by atoms with van der Waals surface area (Å²) in [6, 6.07) is 0. The summed E-state index contributed by atoms with van der Waals surface area (Å²) >= 11 is 0. The molecule has 0 saturated heterocycles. The first-order chi connectivity index (χ1) is 4.97. The fraction of sp³-hybridized carbons (Fsp3) is 0. The second-order valence-corrected chi connectivity index (χ2v) is 1.54. The molecule has 0 aliphatic heterocycles. The topological polar surface area (TPSA) is 77.8 Å². The van der Waals surface area contributed by atoms with Crippen molar-refractivity contribution in [2.75, 3.05) is 0 Å². The van der Waals surface area contributed by atoms with Crippen LogP contribution in [0, 0.1) is 0 Å². The third-order valence-corrected chi connectivity index (χ3v) is 0.940. The Morgan fingerprint density at radius 1 is 1.40 bits per heavy atom. The molecule has 0 N–H and O–H groups in total. The predicted molar refractivity (Wildman–Crippen MR) is 27.6 cm³/mol. The van der Waals surface area contributed by atoms with Crippen molar-refractivity contribution in [1.82, 2.24) is 20.5 Å². The van der Waals surface area contributed by atoms with Gasteiger partial charge in [-0.1, -0.05) is 5.16 Å². The number of aromatic nitrogens is 4. The van der Waals surface area contributed by atoms with Crippen LogP contribution in [-0.4, -0.2) is 20.5 Å². The number of rotatable bonds is 1. The summed E-state index contributed by atoms with van der Waals surface area (Å²) in [5, 5.41) is 13.9. The molecular weight excluding hydrogens is 136 g/mol. The van der Waals surface area contributed by atoms with Gasteiger partial charge in [0, 0.05) is 0 Å². The highest BCUT2D eigenvalue weighted by atomic mass is 16.6. The lowest BCUT2D eigenvalue weighted by Gasteiger charge is -1.76. The molecule has 2 aromatic rings. The molecule has 50 valence electrons. The van der Waals surface area contributed by atoms with Crippen LogP contribution in [0.2, 0.25) is 0 Å². The van der Waals surface area contributed by atoms with Crippen LogP contribution in [-0.2, 0) is 0 Å². The van der Waals surface area contributed by atoms with Crippen molar-refractivity contribution >= 4 is 0 Å². The lowest BCUT2D eigenvalue weighted by atomic mass is 10.5. The summed E-state index contributed by atoms with van der Waals surface area (Å²) < 4.78 is 9.10. The quantitative estimate of drug-likeness (QED) is 0.556. The first kappa shape index (κ1) is 5.10. The van der Waals surface area contributed by atoms with Crippen LogP contribution in [0.25, 0.3) is 11.6 Å². The van der Waals surface area contributed by atoms with E-state index in [-0.39, 0.29) is 0 Å². The molecule has 0 amide bonds. The van der Waals surface area contributed by atoms with Gasteiger partial charge in [0.2, 0.25) is 6.39 Å². The maximum absolute atomic E-state index is 4.79. The normalized spacial score (nSPS) is 10.0. The summed E-state index contributed by atoms with van der Waals surface area (Å²) in [7, 11) is 0. The van der Waals surface area contributed by atoms with E-state index < -0.39 is 0 Å². The van der Waals surface area contributed by atoms with Gasteiger partial charge in [0.1, 0.15) is 6.20 Å². The number of hydrogen-bond donors (Lipinski definition) is 0. The third-order valence-electron chi connectivity index (χ3n) is 0.940. The Balaban J connectivity index is 2.48. The van der Waals surface area contributed by atoms with Gasteiger partial charge in [-0.15, -0.1) is 10.2 Å². The van der Waals surface area contributed by atoms with Gasteiger partial charge in [-0.05, 0) is 5.16 Å². The van der Waals surface area contributed by atoms with E-state index >= 15 is 0 Å². The molecule has 6 heteroatoms. The lowest BCUT2D eigenvalue weighted by Crippen LogP contribution is -1.75. The van der Waals surface area contributed by atoms with Gasteiger partial charge in [0.25, 0.3) is 5.89 Å². The van der Waals surface area contributed by atoms with Crippen molar-refractivity contribution in [2.24, 2.45) is 0 Å². The molecular formula is C4H2N4O2. The van der Waals surface area contributed by atoms with E-state index in [1.807, 2.05) is 0 Å². The molecule has 2 aromatic heterocycles. The summed E-state index contributed by atoms with van der Waals surface area (Å²) in [4.78, 5) is 0. The monoisotopic (exact) mass is 138 g/mol. The van der Waals surface area contributed by atoms with Crippen LogP contribution in [0.15, 0.2) is 21.6 Å². The molecule has 0 aliphatic rings. The first-order valence-corrected chi connectivity index (χ1v) is 2.51. The van der Waals surface area contributed by atoms with Crippen molar-refractivity contribution in [3.8, 4) is 11.6 Å². The lowest BCUT2D eigenvalue weighted by molar-refractivity contribution is 0.307. The van der Waals surface area contributed by atoms with Crippen molar-refractivity contribution in [3.05, 3.63) is 12.6 Å². The zero-order valence-corrected chi connectivity index (χ0v) is 4.76. The molecule has 0 spiro atoms. The third kappa shape index (κ3) is 0.661. The van der Waals surface area contributed by atoms with E-state index in [9.17, 15) is 0 Å². The van der Waals surface area contributed by atoms with Gasteiger partial charge < -0.3 is 4.42 Å². The zero-order chi connectivity index (χ0) is 6.81.